The van der Waals surface area contributed by atoms with Crippen LogP contribution >= 0.6 is 0 Å². The van der Waals surface area contributed by atoms with E-state index in [9.17, 15) is 83.1 Å². The van der Waals surface area contributed by atoms with E-state index >= 15 is 0 Å². The number of aliphatic hydroxyl groups excluding tert-OH is 4. The highest BCUT2D eigenvalue weighted by Crippen LogP contribution is 2.21. The Kier molecular flexibility index (Phi) is 33.0. The van der Waals surface area contributed by atoms with E-state index in [0.717, 1.165) is 6.92 Å². The molecular formula is C59H92N14O19. The number of carbonyl (C=O) groups is 12. The molecule has 21 N–H and O–H groups in total. The van der Waals surface area contributed by atoms with Crippen molar-refractivity contribution < 1.29 is 92.5 Å². The number of aliphatic imine (C=N–C) groups is 1. The van der Waals surface area contributed by atoms with E-state index in [1.165, 1.54) is 13.8 Å². The van der Waals surface area contributed by atoms with Crippen LogP contribution in [0.3, 0.4) is 0 Å². The quantitative estimate of drug-likeness (QED) is 0.0177. The molecule has 0 aliphatic rings. The number of guanidine groups is 1. The Balaban J connectivity index is 2.56. The van der Waals surface area contributed by atoms with Gasteiger partial charge in [0.25, 0.3) is 0 Å². The summed E-state index contributed by atoms with van der Waals surface area (Å²) in [6.07, 6.45) is -8.04. The van der Waals surface area contributed by atoms with Crippen LogP contribution in [-0.4, -0.2) is 195 Å². The number of carboxylic acid groups (broad SMARTS) is 1. The van der Waals surface area contributed by atoms with Crippen molar-refractivity contribution in [1.82, 2.24) is 53.2 Å². The molecule has 0 saturated heterocycles. The molecule has 2 aromatic rings. The van der Waals surface area contributed by atoms with Gasteiger partial charge in [-0.1, -0.05) is 109 Å². The summed E-state index contributed by atoms with van der Waals surface area (Å²) >= 11 is 0. The number of rotatable bonds is 37. The van der Waals surface area contributed by atoms with Gasteiger partial charge < -0.3 is 105 Å². The van der Waals surface area contributed by atoms with Crippen molar-refractivity contribution in [3.63, 3.8) is 0 Å². The number of nitrogens with zero attached hydrogens (tertiary/aromatic N) is 1. The van der Waals surface area contributed by atoms with Gasteiger partial charge in [-0.25, -0.2) is 14.4 Å². The fourth-order valence-electron chi connectivity index (χ4n) is 8.59. The zero-order valence-electron chi connectivity index (χ0n) is 53.2. The third kappa shape index (κ3) is 27.5. The van der Waals surface area contributed by atoms with Gasteiger partial charge in [0.15, 0.2) is 12.1 Å². The largest absolute Gasteiger partial charge is 0.480 e. The fourth-order valence-corrected chi connectivity index (χ4v) is 8.59. The van der Waals surface area contributed by atoms with E-state index in [1.807, 2.05) is 5.32 Å². The van der Waals surface area contributed by atoms with Gasteiger partial charge in [-0.2, -0.15) is 0 Å². The van der Waals surface area contributed by atoms with Crippen LogP contribution in [0.1, 0.15) is 112 Å². The number of nitrogens with one attached hydrogen (secondary N) is 10. The topological polar surface area (TPSA) is 535 Å². The van der Waals surface area contributed by atoms with Crippen molar-refractivity contribution in [3.8, 4) is 0 Å². The van der Waals surface area contributed by atoms with Gasteiger partial charge in [0.05, 0.1) is 31.4 Å². The summed E-state index contributed by atoms with van der Waals surface area (Å²) in [6.45, 7) is 13.1. The van der Waals surface area contributed by atoms with Crippen LogP contribution in [0.15, 0.2) is 65.7 Å². The maximum Gasteiger partial charge on any atom is 0.408 e. The lowest BCUT2D eigenvalue weighted by Gasteiger charge is -2.33. The number of hydrogen-bond donors (Lipinski definition) is 18. The molecule has 0 radical (unpaired) electrons. The number of nitrogens with two attached hydrogens (primary N) is 3. The van der Waals surface area contributed by atoms with Crippen LogP contribution in [0.4, 0.5) is 9.59 Å². The van der Waals surface area contributed by atoms with E-state index in [1.54, 1.807) is 114 Å². The van der Waals surface area contributed by atoms with Crippen LogP contribution < -0.4 is 70.4 Å². The zero-order valence-corrected chi connectivity index (χ0v) is 53.2. The van der Waals surface area contributed by atoms with Crippen LogP contribution in [0.2, 0.25) is 0 Å². The molecule has 2 aromatic carbocycles. The highest BCUT2D eigenvalue weighted by Gasteiger charge is 2.41. The molecule has 0 aromatic heterocycles. The SMILES string of the molecule is CC[C@H](C)[C@H](NC(=O)[C@@H](CCCN=C(N)N)NC(=O)[C@H](CC(C)C)NC(=O)[C@@H](NC(=O)[C@@H](NC(=O)OCc1ccccc1)[C@H](NC(=O)OC(C)(C)C)c1ccccc1)[C@H](O)C(C)C)C(=O)N[C@H](C(=O)NCC(=O)N[C@H](C(=O)N[C@@H](CO)C(=O)O)[C@H](O)C(N)=O)[C@H](C)O. The lowest BCUT2D eigenvalue weighted by molar-refractivity contribution is -0.145. The molecule has 0 saturated carbocycles. The highest BCUT2D eigenvalue weighted by molar-refractivity contribution is 5.99. The van der Waals surface area contributed by atoms with E-state index in [2.05, 4.69) is 47.5 Å². The molecule has 0 aliphatic carbocycles. The first-order valence-electron chi connectivity index (χ1n) is 29.7. The molecule has 13 atom stereocenters. The number of aliphatic hydroxyl groups is 4. The van der Waals surface area contributed by atoms with Gasteiger partial charge in [0, 0.05) is 6.54 Å². The summed E-state index contributed by atoms with van der Waals surface area (Å²) in [7, 11) is 0. The van der Waals surface area contributed by atoms with E-state index in [4.69, 9.17) is 26.7 Å². The van der Waals surface area contributed by atoms with Crippen LogP contribution in [0, 0.1) is 17.8 Å². The fraction of sp³-hybridized carbons (Fsp3) is 0.576. The van der Waals surface area contributed by atoms with E-state index in [0.29, 0.717) is 5.56 Å². The number of amides is 11. The second-order valence-electron chi connectivity index (χ2n) is 23.4. The minimum atomic E-state index is -2.44. The zero-order chi connectivity index (χ0) is 69.7. The van der Waals surface area contributed by atoms with Gasteiger partial charge in [-0.05, 0) is 75.8 Å². The molecule has 33 nitrogen and oxygen atoms in total. The van der Waals surface area contributed by atoms with Crippen molar-refractivity contribution in [2.24, 2.45) is 39.9 Å². The molecule has 0 unspecified atom stereocenters. The first-order valence-corrected chi connectivity index (χ1v) is 29.7. The molecule has 0 bridgehead atoms. The standard InChI is InChI=1S/C59H92N14O19/c1-11-31(6)39(51(83)70-40(32(7)75)50(82)64-26-38(76)68-44(46(78)47(60)79)54(86)67-37(27-74)55(87)88)69-48(80)35(23-18-24-63-56(61)62)65-49(81)36(25-29(2)3)66-53(85)43(45(77)30(4)5)71-52(84)42(73-57(89)91-28-33-19-14-12-15-20-33)41(34-21-16-13-17-22-34)72-58(90)92-59(8,9)10/h12-17,19-22,29-32,35-37,39-46,74-75,77-78H,11,18,23-28H2,1-10H3,(H2,60,79)(H,64,82)(H,65,81)(H,66,85)(H,67,86)(H,68,76)(H,69,80)(H,70,83)(H,71,84)(H,72,90)(H,73,89)(H,87,88)(H4,61,62,63)/t31-,32-,35+,36-,37-,39-,40-,41+,42-,43-,44-,45+,46-/m0/s1. The number of carboxylic acids is 1. The van der Waals surface area contributed by atoms with E-state index < -0.39 is 175 Å². The Morgan fingerprint density at radius 3 is 1.63 bits per heavy atom. The number of aliphatic carboxylic acids is 1. The predicted molar refractivity (Wildman–Crippen MR) is 330 cm³/mol. The summed E-state index contributed by atoms with van der Waals surface area (Å²) in [5.74, 6) is -14.6. The molecule has 0 aliphatic heterocycles. The van der Waals surface area contributed by atoms with Gasteiger partial charge in [-0.15, -0.1) is 0 Å². The average molecular weight is 1300 g/mol. The minimum Gasteiger partial charge on any atom is -0.480 e. The Hall–Kier alpha value is -9.21. The molecule has 2 rings (SSSR count). The smallest absolute Gasteiger partial charge is 0.408 e. The van der Waals surface area contributed by atoms with Gasteiger partial charge in [0.1, 0.15) is 60.5 Å². The summed E-state index contributed by atoms with van der Waals surface area (Å²) in [4.78, 5) is 166. The second-order valence-corrected chi connectivity index (χ2v) is 23.4. The Morgan fingerprint density at radius 1 is 0.587 bits per heavy atom. The number of carbonyl (C=O) groups excluding carboxylic acids is 11. The van der Waals surface area contributed by atoms with Crippen molar-refractivity contribution in [2.45, 2.75) is 180 Å². The van der Waals surface area contributed by atoms with Crippen molar-refractivity contribution in [2.75, 3.05) is 19.7 Å². The van der Waals surface area contributed by atoms with Gasteiger partial charge >= 0.3 is 18.2 Å². The maximum absolute atomic E-state index is 14.8. The monoisotopic (exact) mass is 1300 g/mol. The molecule has 92 heavy (non-hydrogen) atoms. The Bertz CT molecular complexity index is 2840. The van der Waals surface area contributed by atoms with Crippen molar-refractivity contribution in [1.29, 1.82) is 0 Å². The number of primary amides is 1. The molecule has 512 valence electrons. The molecule has 0 spiro atoms. The summed E-state index contributed by atoms with van der Waals surface area (Å²) < 4.78 is 11.0. The Labute approximate surface area is 532 Å². The summed E-state index contributed by atoms with van der Waals surface area (Å²) in [6, 6.07) is 0.832. The maximum atomic E-state index is 14.8. The van der Waals surface area contributed by atoms with Gasteiger partial charge in [0.2, 0.25) is 53.2 Å². The summed E-state index contributed by atoms with van der Waals surface area (Å²) in [5.41, 5.74) is 16.0. The molecule has 11 amide bonds. The normalized spacial score (nSPS) is 15.5. The first-order chi connectivity index (χ1) is 43.0. The highest BCUT2D eigenvalue weighted by atomic mass is 16.6. The van der Waals surface area contributed by atoms with Crippen molar-refractivity contribution in [3.05, 3.63) is 71.8 Å². The predicted octanol–water partition coefficient (Wildman–Crippen LogP) is -3.48. The lowest BCUT2D eigenvalue weighted by atomic mass is 9.95. The van der Waals surface area contributed by atoms with Crippen LogP contribution in [0.5, 0.6) is 0 Å². The third-order valence-electron chi connectivity index (χ3n) is 13.7. The van der Waals surface area contributed by atoms with E-state index in [-0.39, 0.29) is 56.3 Å². The first kappa shape index (κ1) is 78.9. The number of alkyl carbamates (subject to hydrolysis) is 2. The van der Waals surface area contributed by atoms with Crippen molar-refractivity contribution >= 4 is 77.3 Å². The second kappa shape index (κ2) is 38.5. The third-order valence-corrected chi connectivity index (χ3v) is 13.7. The minimum absolute atomic E-state index is 0.0321. The molecular weight excluding hydrogens is 1210 g/mol. The summed E-state index contributed by atoms with van der Waals surface area (Å²) in [5, 5.41) is 74.7. The average Bonchev–Trinajstić information content (AvgIpc) is 0.881. The number of hydrogen-bond acceptors (Lipinski definition) is 19. The van der Waals surface area contributed by atoms with Crippen LogP contribution in [0.25, 0.3) is 0 Å². The molecule has 0 fully saturated rings. The molecule has 0 heterocycles. The Morgan fingerprint density at radius 2 is 1.11 bits per heavy atom. The van der Waals surface area contributed by atoms with Crippen LogP contribution in [-0.2, 0) is 64.0 Å². The molecule has 33 heteroatoms. The lowest BCUT2D eigenvalue weighted by Crippen LogP contribution is -2.63. The number of ether oxygens (including phenoxy) is 2. The van der Waals surface area contributed by atoms with Gasteiger partial charge in [-0.3, -0.25) is 48.1 Å². The number of benzene rings is 2.